The Bertz CT molecular complexity index is 954. The molecule has 0 atom stereocenters. The van der Waals surface area contributed by atoms with Gasteiger partial charge in [0.2, 0.25) is 0 Å². The van der Waals surface area contributed by atoms with Gasteiger partial charge in [-0.1, -0.05) is 36.4 Å². The van der Waals surface area contributed by atoms with Gasteiger partial charge in [0.25, 0.3) is 0 Å². The zero-order valence-electron chi connectivity index (χ0n) is 16.3. The summed E-state index contributed by atoms with van der Waals surface area (Å²) >= 11 is 1.53. The van der Waals surface area contributed by atoms with Gasteiger partial charge in [-0.15, -0.1) is 11.8 Å². The number of thioether (sulfide) groups is 1. The molecule has 1 aromatic heterocycles. The molecule has 0 spiro atoms. The third kappa shape index (κ3) is 4.36. The fourth-order valence-corrected chi connectivity index (χ4v) is 4.12. The SMILES string of the molecule is Cc1c(-c2ccccc2)ncn1CCCSc1cccc(N(C)C)c1[N+](=O)[O-]. The molecule has 0 unspecified atom stereocenters. The molecule has 0 saturated carbocycles. The number of aryl methyl sites for hydroxylation is 1. The number of nitrogens with zero attached hydrogens (tertiary/aromatic N) is 4. The molecule has 0 saturated heterocycles. The van der Waals surface area contributed by atoms with Crippen LogP contribution in [0.1, 0.15) is 12.1 Å². The van der Waals surface area contributed by atoms with Crippen LogP contribution in [0.25, 0.3) is 11.3 Å². The van der Waals surface area contributed by atoms with E-state index >= 15 is 0 Å². The fourth-order valence-electron chi connectivity index (χ4n) is 3.14. The smallest absolute Gasteiger partial charge is 0.305 e. The lowest BCUT2D eigenvalue weighted by molar-refractivity contribution is -0.386. The van der Waals surface area contributed by atoms with E-state index in [4.69, 9.17) is 0 Å². The second-order valence-electron chi connectivity index (χ2n) is 6.72. The Morgan fingerprint density at radius 1 is 1.14 bits per heavy atom. The fraction of sp³-hybridized carbons (Fsp3) is 0.286. The van der Waals surface area contributed by atoms with Gasteiger partial charge in [-0.25, -0.2) is 4.98 Å². The first-order valence-corrected chi connectivity index (χ1v) is 10.1. The first-order valence-electron chi connectivity index (χ1n) is 9.13. The minimum atomic E-state index is -0.288. The minimum Gasteiger partial charge on any atom is -0.372 e. The van der Waals surface area contributed by atoms with Crippen molar-refractivity contribution < 1.29 is 4.92 Å². The highest BCUT2D eigenvalue weighted by Gasteiger charge is 2.21. The van der Waals surface area contributed by atoms with Crippen molar-refractivity contribution in [1.29, 1.82) is 0 Å². The Morgan fingerprint density at radius 2 is 1.89 bits per heavy atom. The highest BCUT2D eigenvalue weighted by Crippen LogP contribution is 2.37. The molecule has 28 heavy (non-hydrogen) atoms. The van der Waals surface area contributed by atoms with Crippen LogP contribution in [0.5, 0.6) is 0 Å². The minimum absolute atomic E-state index is 0.183. The molecular weight excluding hydrogens is 372 g/mol. The Balaban J connectivity index is 1.64. The predicted molar refractivity (Wildman–Crippen MR) is 115 cm³/mol. The normalized spacial score (nSPS) is 10.8. The number of anilines is 1. The summed E-state index contributed by atoms with van der Waals surface area (Å²) in [5.74, 6) is 0.802. The van der Waals surface area contributed by atoms with Gasteiger partial charge in [-0.05, 0) is 31.2 Å². The van der Waals surface area contributed by atoms with Crippen molar-refractivity contribution in [2.75, 3.05) is 24.7 Å². The molecule has 146 valence electrons. The van der Waals surface area contributed by atoms with Crippen LogP contribution in [-0.4, -0.2) is 34.3 Å². The van der Waals surface area contributed by atoms with E-state index in [0.29, 0.717) is 10.6 Å². The van der Waals surface area contributed by atoms with Crippen molar-refractivity contribution >= 4 is 23.1 Å². The molecular formula is C21H24N4O2S. The van der Waals surface area contributed by atoms with Crippen molar-refractivity contribution in [3.63, 3.8) is 0 Å². The average molecular weight is 397 g/mol. The molecule has 2 aromatic carbocycles. The number of nitro benzene ring substituents is 1. The van der Waals surface area contributed by atoms with Gasteiger partial charge in [-0.2, -0.15) is 0 Å². The van der Waals surface area contributed by atoms with Gasteiger partial charge in [-0.3, -0.25) is 10.1 Å². The van der Waals surface area contributed by atoms with E-state index in [1.54, 1.807) is 11.0 Å². The molecule has 0 aliphatic carbocycles. The van der Waals surface area contributed by atoms with Crippen LogP contribution < -0.4 is 4.90 Å². The summed E-state index contributed by atoms with van der Waals surface area (Å²) in [6.45, 7) is 2.91. The van der Waals surface area contributed by atoms with E-state index < -0.39 is 0 Å². The molecule has 0 amide bonds. The molecule has 6 nitrogen and oxygen atoms in total. The van der Waals surface area contributed by atoms with Crippen LogP contribution in [0, 0.1) is 17.0 Å². The lowest BCUT2D eigenvalue weighted by Gasteiger charge is -2.14. The maximum atomic E-state index is 11.5. The molecule has 0 aliphatic rings. The molecule has 0 aliphatic heterocycles. The largest absolute Gasteiger partial charge is 0.372 e. The van der Waals surface area contributed by atoms with Gasteiger partial charge < -0.3 is 9.47 Å². The third-order valence-corrected chi connectivity index (χ3v) is 5.72. The number of hydrogen-bond donors (Lipinski definition) is 0. The number of benzene rings is 2. The lowest BCUT2D eigenvalue weighted by atomic mass is 10.1. The van der Waals surface area contributed by atoms with Crippen molar-refractivity contribution in [1.82, 2.24) is 9.55 Å². The number of imidazole rings is 1. The van der Waals surface area contributed by atoms with Crippen molar-refractivity contribution in [2.45, 2.75) is 24.8 Å². The van der Waals surface area contributed by atoms with E-state index in [9.17, 15) is 10.1 Å². The van der Waals surface area contributed by atoms with Crippen molar-refractivity contribution in [3.05, 3.63) is 70.7 Å². The average Bonchev–Trinajstić information content (AvgIpc) is 3.06. The number of nitro groups is 1. The first-order chi connectivity index (χ1) is 13.5. The summed E-state index contributed by atoms with van der Waals surface area (Å²) in [5, 5.41) is 11.5. The summed E-state index contributed by atoms with van der Waals surface area (Å²) in [5.41, 5.74) is 4.07. The van der Waals surface area contributed by atoms with Crippen molar-refractivity contribution in [2.24, 2.45) is 0 Å². The van der Waals surface area contributed by atoms with Crippen LogP contribution >= 0.6 is 11.8 Å². The predicted octanol–water partition coefficient (Wildman–Crippen LogP) is 5.02. The zero-order chi connectivity index (χ0) is 20.1. The summed E-state index contributed by atoms with van der Waals surface area (Å²) in [7, 11) is 3.64. The summed E-state index contributed by atoms with van der Waals surface area (Å²) in [6, 6.07) is 15.6. The standard InChI is InChI=1S/C21H24N4O2S/c1-16-20(17-9-5-4-6-10-17)22-15-24(16)13-8-14-28-19-12-7-11-18(23(2)3)21(19)25(26)27/h4-7,9-12,15H,8,13-14H2,1-3H3. The number of rotatable bonds is 8. The van der Waals surface area contributed by atoms with E-state index in [1.807, 2.05) is 50.8 Å². The second-order valence-corrected chi connectivity index (χ2v) is 7.85. The Labute approximate surface area is 169 Å². The maximum absolute atomic E-state index is 11.5. The third-order valence-electron chi connectivity index (χ3n) is 4.59. The van der Waals surface area contributed by atoms with E-state index in [0.717, 1.165) is 35.7 Å². The van der Waals surface area contributed by atoms with Crippen LogP contribution in [0.15, 0.2) is 59.8 Å². The first kappa shape index (κ1) is 19.9. The quantitative estimate of drug-likeness (QED) is 0.232. The van der Waals surface area contributed by atoms with Gasteiger partial charge >= 0.3 is 5.69 Å². The maximum Gasteiger partial charge on any atom is 0.305 e. The molecule has 3 aromatic rings. The Morgan fingerprint density at radius 3 is 2.57 bits per heavy atom. The molecule has 0 N–H and O–H groups in total. The number of para-hydroxylation sites is 1. The Hall–Kier alpha value is -2.80. The molecule has 1 heterocycles. The van der Waals surface area contributed by atoms with E-state index in [1.165, 1.54) is 11.8 Å². The Kier molecular flexibility index (Phi) is 6.36. The number of hydrogen-bond acceptors (Lipinski definition) is 5. The summed E-state index contributed by atoms with van der Waals surface area (Å²) < 4.78 is 2.15. The van der Waals surface area contributed by atoms with Crippen LogP contribution in [-0.2, 0) is 6.54 Å². The lowest BCUT2D eigenvalue weighted by Crippen LogP contribution is -2.11. The van der Waals surface area contributed by atoms with Crippen LogP contribution in [0.2, 0.25) is 0 Å². The van der Waals surface area contributed by atoms with Crippen LogP contribution in [0.4, 0.5) is 11.4 Å². The number of aromatic nitrogens is 2. The summed E-state index contributed by atoms with van der Waals surface area (Å²) in [6.07, 6.45) is 2.77. The molecule has 3 rings (SSSR count). The van der Waals surface area contributed by atoms with Gasteiger partial charge in [0, 0.05) is 31.9 Å². The topological polar surface area (TPSA) is 64.2 Å². The van der Waals surface area contributed by atoms with Crippen LogP contribution in [0.3, 0.4) is 0 Å². The highest BCUT2D eigenvalue weighted by molar-refractivity contribution is 7.99. The monoisotopic (exact) mass is 396 g/mol. The second kappa shape index (κ2) is 8.93. The molecule has 7 heteroatoms. The molecule has 0 bridgehead atoms. The molecule has 0 radical (unpaired) electrons. The van der Waals surface area contributed by atoms with Crippen molar-refractivity contribution in [3.8, 4) is 11.3 Å². The highest BCUT2D eigenvalue weighted by atomic mass is 32.2. The zero-order valence-corrected chi connectivity index (χ0v) is 17.1. The molecule has 0 fully saturated rings. The van der Waals surface area contributed by atoms with Gasteiger partial charge in [0.15, 0.2) is 0 Å². The van der Waals surface area contributed by atoms with E-state index in [-0.39, 0.29) is 10.6 Å². The van der Waals surface area contributed by atoms with E-state index in [2.05, 4.69) is 28.6 Å². The van der Waals surface area contributed by atoms with Gasteiger partial charge in [0.1, 0.15) is 5.69 Å². The van der Waals surface area contributed by atoms with Gasteiger partial charge in [0.05, 0.1) is 21.8 Å². The summed E-state index contributed by atoms with van der Waals surface area (Å²) in [4.78, 5) is 18.3.